The van der Waals surface area contributed by atoms with Crippen molar-refractivity contribution in [1.82, 2.24) is 14.8 Å². The lowest BCUT2D eigenvalue weighted by atomic mass is 10.2. The van der Waals surface area contributed by atoms with Gasteiger partial charge in [-0.3, -0.25) is 4.55 Å². The summed E-state index contributed by atoms with van der Waals surface area (Å²) in [6.07, 6.45) is -4.67. The quantitative estimate of drug-likeness (QED) is 0.489. The number of halogens is 3. The Morgan fingerprint density at radius 2 is 1.85 bits per heavy atom. The number of hydrogen-bond donors (Lipinski definition) is 2. The van der Waals surface area contributed by atoms with Crippen LogP contribution in [0, 0.1) is 0 Å². The molecule has 140 valence electrons. The highest BCUT2D eigenvalue weighted by atomic mass is 32.3. The lowest BCUT2D eigenvalue weighted by Gasteiger charge is -2.08. The van der Waals surface area contributed by atoms with Crippen LogP contribution in [0.2, 0.25) is 0 Å². The van der Waals surface area contributed by atoms with Gasteiger partial charge in [-0.15, -0.1) is 11.3 Å². The molecule has 3 heterocycles. The average molecular weight is 413 g/mol. The van der Waals surface area contributed by atoms with Crippen LogP contribution in [-0.2, 0) is 16.3 Å². The first-order valence-corrected chi connectivity index (χ1v) is 9.72. The summed E-state index contributed by atoms with van der Waals surface area (Å²) in [4.78, 5) is 3.07. The average Bonchev–Trinajstić information content (AvgIpc) is 3.29. The van der Waals surface area contributed by atoms with Gasteiger partial charge in [-0.25, -0.2) is 4.68 Å². The van der Waals surface area contributed by atoms with Gasteiger partial charge in [-0.2, -0.15) is 26.7 Å². The molecular formula is C16H10F3N3O3S2. The topological polar surface area (TPSA) is 88.0 Å². The van der Waals surface area contributed by atoms with Crippen LogP contribution in [0.15, 0.2) is 52.7 Å². The van der Waals surface area contributed by atoms with Crippen LogP contribution in [0.3, 0.4) is 0 Å². The second-order valence-electron chi connectivity index (χ2n) is 5.66. The van der Waals surface area contributed by atoms with Gasteiger partial charge in [0, 0.05) is 10.9 Å². The number of H-pyrrole nitrogens is 1. The Labute approximate surface area is 154 Å². The summed E-state index contributed by atoms with van der Waals surface area (Å²) >= 11 is 0.634. The van der Waals surface area contributed by atoms with E-state index in [4.69, 9.17) is 4.55 Å². The van der Waals surface area contributed by atoms with Gasteiger partial charge in [-0.1, -0.05) is 18.2 Å². The van der Waals surface area contributed by atoms with Crippen molar-refractivity contribution in [1.29, 1.82) is 0 Å². The lowest BCUT2D eigenvalue weighted by Crippen LogP contribution is -2.13. The van der Waals surface area contributed by atoms with Crippen molar-refractivity contribution < 1.29 is 26.1 Å². The Morgan fingerprint density at radius 3 is 2.48 bits per heavy atom. The van der Waals surface area contributed by atoms with Crippen LogP contribution in [-0.4, -0.2) is 27.7 Å². The molecule has 27 heavy (non-hydrogen) atoms. The predicted molar refractivity (Wildman–Crippen MR) is 93.6 cm³/mol. The fraction of sp³-hybridized carbons (Fsp3) is 0.0625. The third-order valence-corrected chi connectivity index (χ3v) is 6.26. The van der Waals surface area contributed by atoms with E-state index in [0.29, 0.717) is 16.9 Å². The number of benzene rings is 1. The molecule has 0 spiro atoms. The number of nitrogens with zero attached hydrogens (tertiary/aromatic N) is 2. The van der Waals surface area contributed by atoms with Gasteiger partial charge in [0.1, 0.15) is 15.7 Å². The highest BCUT2D eigenvalue weighted by molar-refractivity contribution is 7.88. The summed E-state index contributed by atoms with van der Waals surface area (Å²) in [5.41, 5.74) is -0.408. The van der Waals surface area contributed by atoms with Gasteiger partial charge >= 0.3 is 16.3 Å². The van der Waals surface area contributed by atoms with E-state index in [1.165, 1.54) is 6.07 Å². The van der Waals surface area contributed by atoms with Crippen LogP contribution in [0.25, 0.3) is 27.3 Å². The van der Waals surface area contributed by atoms with E-state index in [2.05, 4.69) is 10.1 Å². The second kappa shape index (κ2) is 5.94. The monoisotopic (exact) mass is 413 g/mol. The fourth-order valence-electron chi connectivity index (χ4n) is 2.66. The van der Waals surface area contributed by atoms with E-state index in [1.807, 2.05) is 0 Å². The maximum atomic E-state index is 13.5. The maximum Gasteiger partial charge on any atom is 0.433 e. The molecule has 0 aliphatic heterocycles. The van der Waals surface area contributed by atoms with E-state index >= 15 is 0 Å². The molecule has 0 radical (unpaired) electrons. The molecule has 4 rings (SSSR count). The minimum Gasteiger partial charge on any atom is -0.340 e. The Hall–Kier alpha value is -2.63. The van der Waals surface area contributed by atoms with Gasteiger partial charge in [0.2, 0.25) is 0 Å². The number of alkyl halides is 3. The zero-order chi connectivity index (χ0) is 19.4. The smallest absolute Gasteiger partial charge is 0.340 e. The summed E-state index contributed by atoms with van der Waals surface area (Å²) < 4.78 is 72.3. The number of para-hydroxylation sites is 1. The molecule has 0 atom stereocenters. The normalized spacial score (nSPS) is 12.7. The predicted octanol–water partition coefficient (Wildman–Crippen LogP) is 4.35. The van der Waals surface area contributed by atoms with Crippen molar-refractivity contribution in [3.63, 3.8) is 0 Å². The minimum absolute atomic E-state index is 0.0547. The van der Waals surface area contributed by atoms with E-state index in [0.717, 1.165) is 22.2 Å². The van der Waals surface area contributed by atoms with E-state index < -0.39 is 22.0 Å². The van der Waals surface area contributed by atoms with Crippen LogP contribution < -0.4 is 0 Å². The molecule has 0 unspecified atom stereocenters. The number of aromatic nitrogens is 3. The van der Waals surface area contributed by atoms with Gasteiger partial charge < -0.3 is 4.98 Å². The Bertz CT molecular complexity index is 1220. The molecule has 4 aromatic rings. The zero-order valence-corrected chi connectivity index (χ0v) is 14.9. The van der Waals surface area contributed by atoms with E-state index in [1.54, 1.807) is 30.3 Å². The molecule has 0 bridgehead atoms. The summed E-state index contributed by atoms with van der Waals surface area (Å²) in [5.74, 6) is 0.126. The number of hydrogen-bond acceptors (Lipinski definition) is 4. The van der Waals surface area contributed by atoms with Crippen LogP contribution >= 0.6 is 11.3 Å². The molecule has 0 saturated heterocycles. The van der Waals surface area contributed by atoms with Crippen molar-refractivity contribution in [3.05, 3.63) is 54.2 Å². The van der Waals surface area contributed by atoms with Crippen LogP contribution in [0.4, 0.5) is 13.2 Å². The largest absolute Gasteiger partial charge is 0.433 e. The van der Waals surface area contributed by atoms with Gasteiger partial charge in [0.15, 0.2) is 5.69 Å². The fourth-order valence-corrected chi connectivity index (χ4v) is 4.28. The Balaban J connectivity index is 1.88. The molecule has 0 aliphatic rings. The standard InChI is InChI=1S/C16H10F3N3O3S2/c17-16(18,19)13-8-11(12-5-6-15(26-12)27(23,24)25)21-22(13)14-7-9-3-1-2-4-10(9)20-14/h1-8,20H,(H,23,24,25). The summed E-state index contributed by atoms with van der Waals surface area (Å²) in [6, 6.07) is 11.8. The molecule has 0 amide bonds. The lowest BCUT2D eigenvalue weighted by molar-refractivity contribution is -0.142. The van der Waals surface area contributed by atoms with E-state index in [9.17, 15) is 21.6 Å². The molecule has 0 fully saturated rings. The molecule has 3 aromatic heterocycles. The number of rotatable bonds is 3. The SMILES string of the molecule is O=S(=O)(O)c1ccc(-c2cc(C(F)(F)F)n(-c3cc4ccccc4[nH]3)n2)s1. The Kier molecular flexibility index (Phi) is 3.91. The van der Waals surface area contributed by atoms with Gasteiger partial charge in [-0.05, 0) is 30.3 Å². The first kappa shape index (κ1) is 17.8. The zero-order valence-electron chi connectivity index (χ0n) is 13.2. The summed E-state index contributed by atoms with van der Waals surface area (Å²) in [7, 11) is -4.44. The number of fused-ring (bicyclic) bond motifs is 1. The molecule has 2 N–H and O–H groups in total. The summed E-state index contributed by atoms with van der Waals surface area (Å²) in [6.45, 7) is 0. The highest BCUT2D eigenvalue weighted by Crippen LogP contribution is 2.37. The second-order valence-corrected chi connectivity index (χ2v) is 8.39. The first-order valence-electron chi connectivity index (χ1n) is 7.46. The number of thiophene rings is 1. The highest BCUT2D eigenvalue weighted by Gasteiger charge is 2.37. The van der Waals surface area contributed by atoms with Gasteiger partial charge in [0.25, 0.3) is 0 Å². The molecule has 0 saturated carbocycles. The molecule has 0 aliphatic carbocycles. The van der Waals surface area contributed by atoms with Crippen molar-refractivity contribution in [2.75, 3.05) is 0 Å². The number of nitrogens with one attached hydrogen (secondary N) is 1. The van der Waals surface area contributed by atoms with Crippen molar-refractivity contribution >= 4 is 32.4 Å². The van der Waals surface area contributed by atoms with Crippen molar-refractivity contribution in [2.45, 2.75) is 10.4 Å². The van der Waals surface area contributed by atoms with Crippen molar-refractivity contribution in [3.8, 4) is 16.4 Å². The Morgan fingerprint density at radius 1 is 1.11 bits per heavy atom. The van der Waals surface area contributed by atoms with Crippen LogP contribution in [0.1, 0.15) is 5.69 Å². The first-order chi connectivity index (χ1) is 12.6. The van der Waals surface area contributed by atoms with E-state index in [-0.39, 0.29) is 20.6 Å². The summed E-state index contributed by atoms with van der Waals surface area (Å²) in [5, 5.41) is 4.73. The van der Waals surface area contributed by atoms with Gasteiger partial charge in [0.05, 0.1) is 4.88 Å². The minimum atomic E-state index is -4.67. The van der Waals surface area contributed by atoms with Crippen LogP contribution in [0.5, 0.6) is 0 Å². The number of aromatic amines is 1. The molecule has 11 heteroatoms. The van der Waals surface area contributed by atoms with Crippen molar-refractivity contribution in [2.24, 2.45) is 0 Å². The molecule has 1 aromatic carbocycles. The maximum absolute atomic E-state index is 13.5. The third kappa shape index (κ3) is 3.24. The third-order valence-electron chi connectivity index (χ3n) is 3.83. The molecular weight excluding hydrogens is 403 g/mol. The molecule has 6 nitrogen and oxygen atoms in total.